The number of benzene rings is 1. The first-order chi connectivity index (χ1) is 13.5. The lowest BCUT2D eigenvalue weighted by molar-refractivity contribution is -0.384. The lowest BCUT2D eigenvalue weighted by atomic mass is 9.93. The van der Waals surface area contributed by atoms with Gasteiger partial charge in [0, 0.05) is 47.7 Å². The van der Waals surface area contributed by atoms with Gasteiger partial charge < -0.3 is 5.32 Å². The van der Waals surface area contributed by atoms with Crippen molar-refractivity contribution in [2.24, 2.45) is 0 Å². The van der Waals surface area contributed by atoms with Gasteiger partial charge >= 0.3 is 0 Å². The average molecular weight is 402 g/mol. The molecule has 0 saturated heterocycles. The molecule has 1 N–H and O–H groups in total. The molecule has 0 radical (unpaired) electrons. The number of carbonyl (C=O) groups is 1. The summed E-state index contributed by atoms with van der Waals surface area (Å²) in [6, 6.07) is 8.85. The predicted octanol–water partition coefficient (Wildman–Crippen LogP) is 4.56. The van der Waals surface area contributed by atoms with Crippen LogP contribution in [0.15, 0.2) is 35.7 Å². The molecule has 2 atom stereocenters. The third-order valence-electron chi connectivity index (χ3n) is 5.39. The second-order valence-corrected chi connectivity index (χ2v) is 8.27. The lowest BCUT2D eigenvalue weighted by Crippen LogP contribution is -2.45. The summed E-state index contributed by atoms with van der Waals surface area (Å²) in [4.78, 5) is 26.6. The van der Waals surface area contributed by atoms with Gasteiger partial charge in [-0.1, -0.05) is 19.8 Å². The molecule has 1 aliphatic rings. The minimum Gasteiger partial charge on any atom is -0.351 e. The van der Waals surface area contributed by atoms with E-state index in [1.165, 1.54) is 47.5 Å². The number of hydrogen-bond donors (Lipinski definition) is 1. The van der Waals surface area contributed by atoms with E-state index in [0.29, 0.717) is 24.2 Å². The number of unbranched alkanes of at least 4 members (excludes halogenated alkanes) is 1. The molecular weight excluding hydrogens is 374 g/mol. The van der Waals surface area contributed by atoms with Crippen LogP contribution in [0, 0.1) is 10.1 Å². The lowest BCUT2D eigenvalue weighted by Gasteiger charge is -2.40. The molecule has 1 aliphatic heterocycles. The van der Waals surface area contributed by atoms with Crippen molar-refractivity contribution in [1.29, 1.82) is 0 Å². The molecule has 0 bridgehead atoms. The fourth-order valence-electron chi connectivity index (χ4n) is 3.91. The van der Waals surface area contributed by atoms with E-state index in [1.54, 1.807) is 0 Å². The molecule has 2 aromatic rings. The fourth-order valence-corrected chi connectivity index (χ4v) is 5.00. The largest absolute Gasteiger partial charge is 0.351 e. The quantitative estimate of drug-likeness (QED) is 0.519. The predicted molar refractivity (Wildman–Crippen MR) is 112 cm³/mol. The highest BCUT2D eigenvalue weighted by Crippen LogP contribution is 2.39. The monoisotopic (exact) mass is 401 g/mol. The van der Waals surface area contributed by atoms with Crippen LogP contribution in [0.5, 0.6) is 0 Å². The van der Waals surface area contributed by atoms with Crippen LogP contribution in [0.2, 0.25) is 0 Å². The smallest absolute Gasteiger partial charge is 0.269 e. The maximum atomic E-state index is 12.4. The number of carbonyl (C=O) groups excluding carboxylic acids is 1. The number of thiophene rings is 1. The Kier molecular flexibility index (Phi) is 6.80. The van der Waals surface area contributed by atoms with Gasteiger partial charge in [0.05, 0.1) is 4.92 Å². The number of amides is 1. The molecule has 1 aromatic carbocycles. The van der Waals surface area contributed by atoms with Crippen molar-refractivity contribution in [1.82, 2.24) is 10.2 Å². The normalized spacial score (nSPS) is 19.2. The van der Waals surface area contributed by atoms with Gasteiger partial charge in [-0.05, 0) is 48.9 Å². The summed E-state index contributed by atoms with van der Waals surface area (Å²) >= 11 is 1.85. The summed E-state index contributed by atoms with van der Waals surface area (Å²) in [6.45, 7) is 5.84. The van der Waals surface area contributed by atoms with E-state index in [0.717, 1.165) is 19.4 Å². The summed E-state index contributed by atoms with van der Waals surface area (Å²) in [5.41, 5.74) is 1.91. The van der Waals surface area contributed by atoms with E-state index in [1.807, 2.05) is 11.3 Å². The SMILES string of the molecule is CCCC[C@H]1c2sccc2C[C@@H](C)N1CCNC(=O)c1ccc([N+](=O)[O-])cc1. The van der Waals surface area contributed by atoms with Gasteiger partial charge in [0.2, 0.25) is 0 Å². The summed E-state index contributed by atoms with van der Waals surface area (Å²) < 4.78 is 0. The first-order valence-corrected chi connectivity index (χ1v) is 10.7. The van der Waals surface area contributed by atoms with Crippen LogP contribution in [0.3, 0.4) is 0 Å². The number of nitro benzene ring substituents is 1. The highest BCUT2D eigenvalue weighted by molar-refractivity contribution is 7.10. The van der Waals surface area contributed by atoms with Crippen LogP contribution in [0.25, 0.3) is 0 Å². The number of nitro groups is 1. The van der Waals surface area contributed by atoms with Gasteiger partial charge in [0.25, 0.3) is 11.6 Å². The molecule has 0 unspecified atom stereocenters. The molecule has 0 spiro atoms. The molecule has 0 fully saturated rings. The molecule has 1 amide bonds. The van der Waals surface area contributed by atoms with Crippen molar-refractivity contribution in [2.75, 3.05) is 13.1 Å². The van der Waals surface area contributed by atoms with Crippen molar-refractivity contribution >= 4 is 22.9 Å². The summed E-state index contributed by atoms with van der Waals surface area (Å²) in [5, 5.41) is 15.9. The van der Waals surface area contributed by atoms with Gasteiger partial charge in [-0.25, -0.2) is 0 Å². The number of non-ortho nitro benzene ring substituents is 1. The van der Waals surface area contributed by atoms with Crippen molar-refractivity contribution in [2.45, 2.75) is 51.6 Å². The van der Waals surface area contributed by atoms with Crippen LogP contribution in [-0.4, -0.2) is 34.9 Å². The molecular formula is C21H27N3O3S. The van der Waals surface area contributed by atoms with Crippen LogP contribution in [0.1, 0.15) is 60.0 Å². The highest BCUT2D eigenvalue weighted by atomic mass is 32.1. The number of rotatable bonds is 8. The van der Waals surface area contributed by atoms with Crippen LogP contribution < -0.4 is 5.32 Å². The molecule has 150 valence electrons. The van der Waals surface area contributed by atoms with Crippen LogP contribution in [0.4, 0.5) is 5.69 Å². The van der Waals surface area contributed by atoms with E-state index in [9.17, 15) is 14.9 Å². The highest BCUT2D eigenvalue weighted by Gasteiger charge is 2.32. The molecule has 1 aromatic heterocycles. The molecule has 7 heteroatoms. The second kappa shape index (κ2) is 9.30. The Labute approximate surface area is 169 Å². The minimum atomic E-state index is -0.464. The summed E-state index contributed by atoms with van der Waals surface area (Å²) in [6.07, 6.45) is 4.57. The number of nitrogens with one attached hydrogen (secondary N) is 1. The van der Waals surface area contributed by atoms with Crippen LogP contribution in [-0.2, 0) is 6.42 Å². The van der Waals surface area contributed by atoms with Gasteiger partial charge in [-0.3, -0.25) is 19.8 Å². The Morgan fingerprint density at radius 2 is 2.07 bits per heavy atom. The maximum Gasteiger partial charge on any atom is 0.269 e. The van der Waals surface area contributed by atoms with E-state index in [4.69, 9.17) is 0 Å². The molecule has 3 rings (SSSR count). The second-order valence-electron chi connectivity index (χ2n) is 7.32. The first-order valence-electron chi connectivity index (χ1n) is 9.86. The molecule has 0 aliphatic carbocycles. The van der Waals surface area contributed by atoms with E-state index in [2.05, 4.69) is 35.5 Å². The third kappa shape index (κ3) is 4.59. The Hall–Kier alpha value is -2.25. The standard InChI is InChI=1S/C21H27N3O3S/c1-3-4-5-19-20-17(10-13-28-20)14-15(2)23(19)12-11-22-21(25)16-6-8-18(9-7-16)24(26)27/h6-10,13,15,19H,3-5,11-12,14H2,1-2H3,(H,22,25)/t15-,19+/m1/s1. The number of hydrogen-bond acceptors (Lipinski definition) is 5. The van der Waals surface area contributed by atoms with E-state index in [-0.39, 0.29) is 11.6 Å². The first kappa shape index (κ1) is 20.5. The Balaban J connectivity index is 1.60. The molecule has 0 saturated carbocycles. The zero-order chi connectivity index (χ0) is 20.1. The number of fused-ring (bicyclic) bond motifs is 1. The van der Waals surface area contributed by atoms with Gasteiger partial charge in [0.1, 0.15) is 0 Å². The molecule has 6 nitrogen and oxygen atoms in total. The Bertz CT molecular complexity index is 819. The topological polar surface area (TPSA) is 75.5 Å². The maximum absolute atomic E-state index is 12.4. The zero-order valence-electron chi connectivity index (χ0n) is 16.4. The van der Waals surface area contributed by atoms with Gasteiger partial charge in [0.15, 0.2) is 0 Å². The van der Waals surface area contributed by atoms with Gasteiger partial charge in [-0.15, -0.1) is 11.3 Å². The minimum absolute atomic E-state index is 0.00999. The van der Waals surface area contributed by atoms with E-state index >= 15 is 0 Å². The summed E-state index contributed by atoms with van der Waals surface area (Å²) in [5.74, 6) is -0.193. The van der Waals surface area contributed by atoms with Crippen LogP contribution >= 0.6 is 11.3 Å². The fraction of sp³-hybridized carbons (Fsp3) is 0.476. The summed E-state index contributed by atoms with van der Waals surface area (Å²) in [7, 11) is 0. The zero-order valence-corrected chi connectivity index (χ0v) is 17.2. The third-order valence-corrected chi connectivity index (χ3v) is 6.45. The van der Waals surface area contributed by atoms with Crippen molar-refractivity contribution in [3.05, 3.63) is 61.8 Å². The number of nitrogens with zero attached hydrogens (tertiary/aromatic N) is 2. The van der Waals surface area contributed by atoms with E-state index < -0.39 is 4.92 Å². The van der Waals surface area contributed by atoms with Crippen molar-refractivity contribution in [3.8, 4) is 0 Å². The van der Waals surface area contributed by atoms with Crippen molar-refractivity contribution in [3.63, 3.8) is 0 Å². The molecule has 2 heterocycles. The van der Waals surface area contributed by atoms with Gasteiger partial charge in [-0.2, -0.15) is 0 Å². The average Bonchev–Trinajstić information content (AvgIpc) is 3.15. The Morgan fingerprint density at radius 3 is 2.75 bits per heavy atom. The van der Waals surface area contributed by atoms with Crippen molar-refractivity contribution < 1.29 is 9.72 Å². The Morgan fingerprint density at radius 1 is 1.32 bits per heavy atom. The molecule has 28 heavy (non-hydrogen) atoms.